The summed E-state index contributed by atoms with van der Waals surface area (Å²) in [4.78, 5) is 18.2. The van der Waals surface area contributed by atoms with Crippen LogP contribution in [0.2, 0.25) is 0 Å². The smallest absolute Gasteiger partial charge is 0.325 e. The van der Waals surface area contributed by atoms with Crippen LogP contribution in [-0.4, -0.2) is 47.9 Å². The van der Waals surface area contributed by atoms with Crippen molar-refractivity contribution in [3.63, 3.8) is 0 Å². The van der Waals surface area contributed by atoms with Gasteiger partial charge in [0.15, 0.2) is 0 Å². The molecule has 0 saturated carbocycles. The maximum Gasteiger partial charge on any atom is 0.416 e. The number of alkyl halides is 3. The molecular weight excluding hydrogens is 375 g/mol. The van der Waals surface area contributed by atoms with Crippen LogP contribution in [0.15, 0.2) is 41.8 Å². The van der Waals surface area contributed by atoms with Crippen LogP contribution in [0, 0.1) is 0 Å². The van der Waals surface area contributed by atoms with E-state index in [1.165, 1.54) is 17.0 Å². The average Bonchev–Trinajstić information content (AvgIpc) is 3.14. The molecule has 4 nitrogen and oxygen atoms in total. The molecule has 1 saturated heterocycles. The number of halogens is 3. The molecule has 1 aliphatic heterocycles. The Bertz CT molecular complexity index is 739. The van der Waals surface area contributed by atoms with E-state index >= 15 is 0 Å². The zero-order valence-corrected chi connectivity index (χ0v) is 15.8. The van der Waals surface area contributed by atoms with Gasteiger partial charge < -0.3 is 5.32 Å². The number of rotatable bonds is 5. The fraction of sp³-hybridized carbons (Fsp3) is 0.421. The van der Waals surface area contributed by atoms with Gasteiger partial charge in [-0.2, -0.15) is 13.2 Å². The quantitative estimate of drug-likeness (QED) is 0.831. The van der Waals surface area contributed by atoms with E-state index in [-0.39, 0.29) is 11.9 Å². The number of thiophene rings is 1. The number of benzene rings is 1. The van der Waals surface area contributed by atoms with Crippen molar-refractivity contribution in [1.29, 1.82) is 0 Å². The van der Waals surface area contributed by atoms with Crippen LogP contribution in [0.4, 0.5) is 18.9 Å². The molecule has 0 aliphatic carbocycles. The number of hydrogen-bond donors (Lipinski definition) is 1. The third kappa shape index (κ3) is 5.31. The first-order valence-corrected chi connectivity index (χ1v) is 9.68. The molecule has 1 N–H and O–H groups in total. The Labute approximate surface area is 160 Å². The van der Waals surface area contributed by atoms with Crippen LogP contribution in [0.5, 0.6) is 0 Å². The van der Waals surface area contributed by atoms with E-state index in [1.54, 1.807) is 11.3 Å². The second-order valence-electron chi connectivity index (χ2n) is 6.63. The van der Waals surface area contributed by atoms with E-state index < -0.39 is 11.7 Å². The summed E-state index contributed by atoms with van der Waals surface area (Å²) in [5.74, 6) is -0.207. The lowest BCUT2D eigenvalue weighted by Gasteiger charge is -2.37. The number of nitrogens with zero attached hydrogens (tertiary/aromatic N) is 2. The molecule has 0 radical (unpaired) electrons. The van der Waals surface area contributed by atoms with Gasteiger partial charge in [0, 0.05) is 43.3 Å². The molecule has 0 bridgehead atoms. The van der Waals surface area contributed by atoms with E-state index in [2.05, 4.69) is 26.6 Å². The molecule has 1 aliphatic rings. The summed E-state index contributed by atoms with van der Waals surface area (Å²) >= 11 is 1.74. The fourth-order valence-electron chi connectivity index (χ4n) is 3.09. The Kier molecular flexibility index (Phi) is 6.18. The standard InChI is InChI=1S/C19H22F3N3OS/c1-14(18(26)23-16-6-4-15(5-7-16)19(20,21)22)25-10-8-24(9-11-25)13-17-3-2-12-27-17/h2-7,12,14H,8-11,13H2,1H3,(H,23,26)/t14-/m0/s1. The minimum Gasteiger partial charge on any atom is -0.325 e. The highest BCUT2D eigenvalue weighted by atomic mass is 32.1. The first-order valence-electron chi connectivity index (χ1n) is 8.80. The van der Waals surface area contributed by atoms with Gasteiger partial charge in [-0.25, -0.2) is 0 Å². The van der Waals surface area contributed by atoms with Crippen LogP contribution >= 0.6 is 11.3 Å². The molecule has 1 atom stereocenters. The highest BCUT2D eigenvalue weighted by molar-refractivity contribution is 7.09. The van der Waals surface area contributed by atoms with Gasteiger partial charge in [0.05, 0.1) is 11.6 Å². The van der Waals surface area contributed by atoms with Crippen molar-refractivity contribution in [2.24, 2.45) is 0 Å². The molecule has 0 spiro atoms. The van der Waals surface area contributed by atoms with Gasteiger partial charge in [0.2, 0.25) is 5.91 Å². The van der Waals surface area contributed by atoms with E-state index in [4.69, 9.17) is 0 Å². The predicted octanol–water partition coefficient (Wildman–Crippen LogP) is 3.91. The Morgan fingerprint density at radius 3 is 2.37 bits per heavy atom. The summed E-state index contributed by atoms with van der Waals surface area (Å²) in [6.07, 6.45) is -4.38. The molecule has 146 valence electrons. The van der Waals surface area contributed by atoms with E-state index in [0.717, 1.165) is 44.9 Å². The Morgan fingerprint density at radius 1 is 1.15 bits per heavy atom. The van der Waals surface area contributed by atoms with Crippen molar-refractivity contribution in [2.75, 3.05) is 31.5 Å². The maximum atomic E-state index is 12.6. The van der Waals surface area contributed by atoms with Crippen molar-refractivity contribution in [3.8, 4) is 0 Å². The number of carbonyl (C=O) groups is 1. The number of hydrogen-bond acceptors (Lipinski definition) is 4. The molecule has 2 aromatic rings. The monoisotopic (exact) mass is 397 g/mol. The lowest BCUT2D eigenvalue weighted by molar-refractivity contribution is -0.137. The first kappa shape index (κ1) is 19.9. The number of piperazine rings is 1. The van der Waals surface area contributed by atoms with Crippen molar-refractivity contribution in [3.05, 3.63) is 52.2 Å². The molecule has 1 aromatic carbocycles. The molecule has 0 unspecified atom stereocenters. The van der Waals surface area contributed by atoms with Crippen LogP contribution in [0.3, 0.4) is 0 Å². The summed E-state index contributed by atoms with van der Waals surface area (Å²) in [5.41, 5.74) is -0.355. The third-order valence-electron chi connectivity index (χ3n) is 4.77. The molecule has 1 amide bonds. The molecule has 3 rings (SSSR count). The summed E-state index contributed by atoms with van der Waals surface area (Å²) in [5, 5.41) is 4.77. The largest absolute Gasteiger partial charge is 0.416 e. The SMILES string of the molecule is C[C@@H](C(=O)Nc1ccc(C(F)(F)F)cc1)N1CCN(Cc2cccs2)CC1. The Morgan fingerprint density at radius 2 is 1.81 bits per heavy atom. The second kappa shape index (κ2) is 8.41. The fourth-order valence-corrected chi connectivity index (χ4v) is 3.83. The zero-order chi connectivity index (χ0) is 19.4. The Balaban J connectivity index is 1.49. The van der Waals surface area contributed by atoms with Gasteiger partial charge in [-0.05, 0) is 42.6 Å². The highest BCUT2D eigenvalue weighted by Crippen LogP contribution is 2.29. The lowest BCUT2D eigenvalue weighted by Crippen LogP contribution is -2.52. The maximum absolute atomic E-state index is 12.6. The normalized spacial score (nSPS) is 17.6. The molecule has 8 heteroatoms. The molecular formula is C19H22F3N3OS. The van der Waals surface area contributed by atoms with Crippen molar-refractivity contribution in [2.45, 2.75) is 25.7 Å². The van der Waals surface area contributed by atoms with Gasteiger partial charge in [0.1, 0.15) is 0 Å². The van der Waals surface area contributed by atoms with Crippen LogP contribution in [0.25, 0.3) is 0 Å². The van der Waals surface area contributed by atoms with Crippen molar-refractivity contribution >= 4 is 22.9 Å². The van der Waals surface area contributed by atoms with Crippen LogP contribution in [0.1, 0.15) is 17.4 Å². The predicted molar refractivity (Wildman–Crippen MR) is 101 cm³/mol. The van der Waals surface area contributed by atoms with Crippen LogP contribution in [-0.2, 0) is 17.5 Å². The van der Waals surface area contributed by atoms with Gasteiger partial charge >= 0.3 is 6.18 Å². The van der Waals surface area contributed by atoms with Gasteiger partial charge in [-0.15, -0.1) is 11.3 Å². The minimum atomic E-state index is -4.38. The van der Waals surface area contributed by atoms with Gasteiger partial charge in [0.25, 0.3) is 0 Å². The minimum absolute atomic E-state index is 0.207. The highest BCUT2D eigenvalue weighted by Gasteiger charge is 2.30. The van der Waals surface area contributed by atoms with Crippen LogP contribution < -0.4 is 5.32 Å². The Hall–Kier alpha value is -1.90. The lowest BCUT2D eigenvalue weighted by atomic mass is 10.1. The zero-order valence-electron chi connectivity index (χ0n) is 15.0. The van der Waals surface area contributed by atoms with E-state index in [9.17, 15) is 18.0 Å². The van der Waals surface area contributed by atoms with Gasteiger partial charge in [-0.3, -0.25) is 14.6 Å². The molecule has 1 fully saturated rings. The summed E-state index contributed by atoms with van der Waals surface area (Å²) < 4.78 is 37.8. The van der Waals surface area contributed by atoms with Crippen molar-refractivity contribution < 1.29 is 18.0 Å². The summed E-state index contributed by atoms with van der Waals surface area (Å²) in [6, 6.07) is 8.35. The second-order valence-corrected chi connectivity index (χ2v) is 7.66. The summed E-state index contributed by atoms with van der Waals surface area (Å²) in [7, 11) is 0. The first-order chi connectivity index (χ1) is 12.8. The van der Waals surface area contributed by atoms with Crippen molar-refractivity contribution in [1.82, 2.24) is 9.80 Å². The average molecular weight is 397 g/mol. The third-order valence-corrected chi connectivity index (χ3v) is 5.63. The van der Waals surface area contributed by atoms with E-state index in [0.29, 0.717) is 5.69 Å². The molecule has 1 aromatic heterocycles. The van der Waals surface area contributed by atoms with Gasteiger partial charge in [-0.1, -0.05) is 6.07 Å². The number of anilines is 1. The number of carbonyl (C=O) groups excluding carboxylic acids is 1. The summed E-state index contributed by atoms with van der Waals surface area (Å²) in [6.45, 7) is 6.09. The molecule has 2 heterocycles. The van der Waals surface area contributed by atoms with E-state index in [1.807, 2.05) is 13.0 Å². The number of nitrogens with one attached hydrogen (secondary N) is 1. The molecule has 27 heavy (non-hydrogen) atoms. The number of amides is 1. The topological polar surface area (TPSA) is 35.6 Å².